The summed E-state index contributed by atoms with van der Waals surface area (Å²) >= 11 is 0. The van der Waals surface area contributed by atoms with Gasteiger partial charge in [0.15, 0.2) is 0 Å². The van der Waals surface area contributed by atoms with Crippen molar-refractivity contribution in [1.82, 2.24) is 5.32 Å². The van der Waals surface area contributed by atoms with Crippen molar-refractivity contribution < 1.29 is 18.6 Å². The first-order valence-electron chi connectivity index (χ1n) is 5.94. The van der Waals surface area contributed by atoms with Crippen molar-refractivity contribution in [2.45, 2.75) is 25.8 Å². The number of ether oxygens (including phenoxy) is 1. The Bertz CT molecular complexity index is 367. The summed E-state index contributed by atoms with van der Waals surface area (Å²) in [5.41, 5.74) is -0.444. The number of hydrogen-bond donors (Lipinski definition) is 2. The summed E-state index contributed by atoms with van der Waals surface area (Å²) in [6.45, 7) is 4.78. The van der Waals surface area contributed by atoms with Gasteiger partial charge in [-0.25, -0.2) is 8.78 Å². The molecule has 1 rings (SSSR count). The first kappa shape index (κ1) is 14.9. The van der Waals surface area contributed by atoms with Gasteiger partial charge in [-0.2, -0.15) is 0 Å². The molecule has 18 heavy (non-hydrogen) atoms. The largest absolute Gasteiger partial charge is 0.493 e. The lowest BCUT2D eigenvalue weighted by atomic mass is 10.00. The second-order valence-electron chi connectivity index (χ2n) is 4.45. The van der Waals surface area contributed by atoms with E-state index in [1.54, 1.807) is 0 Å². The van der Waals surface area contributed by atoms with Crippen LogP contribution in [0, 0.1) is 11.6 Å². The first-order chi connectivity index (χ1) is 8.49. The summed E-state index contributed by atoms with van der Waals surface area (Å²) in [4.78, 5) is 0. The van der Waals surface area contributed by atoms with Crippen LogP contribution in [-0.2, 0) is 0 Å². The van der Waals surface area contributed by atoms with Crippen LogP contribution in [0.3, 0.4) is 0 Å². The Morgan fingerprint density at radius 3 is 2.39 bits per heavy atom. The minimum absolute atomic E-state index is 0.0261. The van der Waals surface area contributed by atoms with E-state index < -0.39 is 17.2 Å². The zero-order chi connectivity index (χ0) is 13.6. The van der Waals surface area contributed by atoms with Gasteiger partial charge in [0, 0.05) is 30.2 Å². The molecular formula is C13H19F2NO2. The molecule has 0 aliphatic heterocycles. The van der Waals surface area contributed by atoms with Crippen LogP contribution >= 0.6 is 0 Å². The van der Waals surface area contributed by atoms with Gasteiger partial charge in [0.25, 0.3) is 0 Å². The Morgan fingerprint density at radius 2 is 1.89 bits per heavy atom. The van der Waals surface area contributed by atoms with Crippen molar-refractivity contribution in [3.05, 3.63) is 29.8 Å². The number of benzene rings is 1. The van der Waals surface area contributed by atoms with Gasteiger partial charge in [0.2, 0.25) is 0 Å². The van der Waals surface area contributed by atoms with Gasteiger partial charge in [-0.05, 0) is 13.5 Å². The number of aliphatic hydroxyl groups excluding tert-OH is 1. The predicted octanol–water partition coefficient (Wildman–Crippen LogP) is 2.09. The summed E-state index contributed by atoms with van der Waals surface area (Å²) in [5.74, 6) is -1.17. The fourth-order valence-corrected chi connectivity index (χ4v) is 1.66. The molecule has 0 amide bonds. The third-order valence-corrected chi connectivity index (χ3v) is 2.71. The summed E-state index contributed by atoms with van der Waals surface area (Å²) in [5, 5.41) is 12.4. The first-order valence-corrected chi connectivity index (χ1v) is 5.94. The van der Waals surface area contributed by atoms with E-state index in [0.717, 1.165) is 24.7 Å². The normalized spacial score (nSPS) is 14.3. The molecule has 1 aromatic rings. The van der Waals surface area contributed by atoms with Gasteiger partial charge in [-0.15, -0.1) is 0 Å². The van der Waals surface area contributed by atoms with Crippen LogP contribution in [0.4, 0.5) is 8.78 Å². The smallest absolute Gasteiger partial charge is 0.129 e. The van der Waals surface area contributed by atoms with E-state index >= 15 is 0 Å². The van der Waals surface area contributed by atoms with Crippen molar-refractivity contribution in [3.63, 3.8) is 0 Å². The minimum atomic E-state index is -0.665. The molecule has 1 unspecified atom stereocenters. The molecular weight excluding hydrogens is 240 g/mol. The maximum Gasteiger partial charge on any atom is 0.129 e. The monoisotopic (exact) mass is 259 g/mol. The molecule has 0 fully saturated rings. The van der Waals surface area contributed by atoms with E-state index in [4.69, 9.17) is 4.74 Å². The minimum Gasteiger partial charge on any atom is -0.493 e. The van der Waals surface area contributed by atoms with E-state index in [1.807, 2.05) is 13.8 Å². The van der Waals surface area contributed by atoms with Crippen molar-refractivity contribution in [2.24, 2.45) is 0 Å². The predicted molar refractivity (Wildman–Crippen MR) is 65.6 cm³/mol. The molecule has 0 saturated carbocycles. The second kappa shape index (κ2) is 6.66. The highest BCUT2D eigenvalue weighted by atomic mass is 19.1. The number of nitrogens with one attached hydrogen (secondary N) is 1. The molecule has 3 nitrogen and oxygen atoms in total. The number of hydrogen-bond acceptors (Lipinski definition) is 3. The van der Waals surface area contributed by atoms with Crippen LogP contribution in [0.15, 0.2) is 18.2 Å². The molecule has 0 aromatic heterocycles. The molecule has 5 heteroatoms. The van der Waals surface area contributed by atoms with Crippen molar-refractivity contribution in [1.29, 1.82) is 0 Å². The molecule has 0 bridgehead atoms. The van der Waals surface area contributed by atoms with Crippen molar-refractivity contribution in [2.75, 3.05) is 19.8 Å². The topological polar surface area (TPSA) is 41.5 Å². The summed E-state index contributed by atoms with van der Waals surface area (Å²) < 4.78 is 31.1. The van der Waals surface area contributed by atoms with Gasteiger partial charge >= 0.3 is 0 Å². The van der Waals surface area contributed by atoms with Crippen molar-refractivity contribution >= 4 is 0 Å². The molecule has 0 aliphatic carbocycles. The fraction of sp³-hybridized carbons (Fsp3) is 0.538. The van der Waals surface area contributed by atoms with Gasteiger partial charge in [-0.3, -0.25) is 0 Å². The van der Waals surface area contributed by atoms with Crippen molar-refractivity contribution in [3.8, 4) is 5.75 Å². The Kier molecular flexibility index (Phi) is 5.50. The Labute approximate surface area is 106 Å². The highest BCUT2D eigenvalue weighted by molar-refractivity contribution is 5.23. The summed E-state index contributed by atoms with van der Waals surface area (Å²) in [6, 6.07) is 3.06. The molecule has 0 saturated heterocycles. The van der Waals surface area contributed by atoms with Crippen LogP contribution in [0.2, 0.25) is 0 Å². The average molecular weight is 259 g/mol. The SMILES string of the molecule is CCNC(C)(CO)CCOc1cc(F)cc(F)c1. The van der Waals surface area contributed by atoms with E-state index in [2.05, 4.69) is 5.32 Å². The third kappa shape index (κ3) is 4.58. The molecule has 2 N–H and O–H groups in total. The third-order valence-electron chi connectivity index (χ3n) is 2.71. The highest BCUT2D eigenvalue weighted by Crippen LogP contribution is 2.17. The Hall–Kier alpha value is -1.20. The van der Waals surface area contributed by atoms with Gasteiger partial charge in [0.1, 0.15) is 17.4 Å². The van der Waals surface area contributed by atoms with E-state index in [-0.39, 0.29) is 19.0 Å². The lowest BCUT2D eigenvalue weighted by molar-refractivity contribution is 0.145. The molecule has 0 spiro atoms. The summed E-state index contributed by atoms with van der Waals surface area (Å²) in [7, 11) is 0. The number of likely N-dealkylation sites (N-methyl/N-ethyl adjacent to an activating group) is 1. The van der Waals surface area contributed by atoms with E-state index in [9.17, 15) is 13.9 Å². The average Bonchev–Trinajstić information content (AvgIpc) is 2.28. The lowest BCUT2D eigenvalue weighted by Gasteiger charge is -2.28. The maximum atomic E-state index is 12.9. The zero-order valence-corrected chi connectivity index (χ0v) is 10.7. The van der Waals surface area contributed by atoms with Crippen LogP contribution in [0.5, 0.6) is 5.75 Å². The number of rotatable bonds is 7. The second-order valence-corrected chi connectivity index (χ2v) is 4.45. The van der Waals surface area contributed by atoms with Gasteiger partial charge in [-0.1, -0.05) is 6.92 Å². The van der Waals surface area contributed by atoms with Crippen LogP contribution in [0.25, 0.3) is 0 Å². The molecule has 0 radical (unpaired) electrons. The molecule has 0 aliphatic rings. The molecule has 0 heterocycles. The maximum absolute atomic E-state index is 12.9. The molecule has 102 valence electrons. The Morgan fingerprint density at radius 1 is 1.28 bits per heavy atom. The van der Waals surface area contributed by atoms with E-state index in [1.165, 1.54) is 0 Å². The lowest BCUT2D eigenvalue weighted by Crippen LogP contribution is -2.46. The van der Waals surface area contributed by atoms with Crippen LogP contribution < -0.4 is 10.1 Å². The quantitative estimate of drug-likeness (QED) is 0.788. The number of halogens is 2. The van der Waals surface area contributed by atoms with Crippen LogP contribution in [-0.4, -0.2) is 30.4 Å². The van der Waals surface area contributed by atoms with Gasteiger partial charge < -0.3 is 15.2 Å². The number of aliphatic hydroxyl groups is 1. The van der Waals surface area contributed by atoms with Gasteiger partial charge in [0.05, 0.1) is 13.2 Å². The van der Waals surface area contributed by atoms with E-state index in [0.29, 0.717) is 6.42 Å². The summed E-state index contributed by atoms with van der Waals surface area (Å²) in [6.07, 6.45) is 0.537. The highest BCUT2D eigenvalue weighted by Gasteiger charge is 2.21. The van der Waals surface area contributed by atoms with Crippen LogP contribution in [0.1, 0.15) is 20.3 Å². The fourth-order valence-electron chi connectivity index (χ4n) is 1.66. The standard InChI is InChI=1S/C13H19F2NO2/c1-3-16-13(2,9-17)4-5-18-12-7-10(14)6-11(15)8-12/h6-8,16-17H,3-5,9H2,1-2H3. The zero-order valence-electron chi connectivity index (χ0n) is 10.7. The molecule has 1 aromatic carbocycles. The Balaban J connectivity index is 2.50. The molecule has 1 atom stereocenters.